The van der Waals surface area contributed by atoms with Crippen LogP contribution in [0.1, 0.15) is 21.5 Å². The Kier molecular flexibility index (Phi) is 4.00. The molecule has 2 nitrogen and oxygen atoms in total. The molecule has 0 heterocycles. The maximum Gasteiger partial charge on any atom is 0.197 e. The number of ketones is 1. The zero-order valence-corrected chi connectivity index (χ0v) is 12.1. The molecule has 0 radical (unpaired) electrons. The molecule has 0 spiro atoms. The van der Waals surface area contributed by atoms with Crippen molar-refractivity contribution in [3.05, 3.63) is 63.4 Å². The SMILES string of the molecule is COc1cc(F)ccc1C(=O)c1ccc(C)cc1Br. The zero-order chi connectivity index (χ0) is 14.0. The highest BCUT2D eigenvalue weighted by Crippen LogP contribution is 2.26. The molecular weight excluding hydrogens is 311 g/mol. The molecular formula is C15H12BrFO2. The fraction of sp³-hybridized carbons (Fsp3) is 0.133. The van der Waals surface area contributed by atoms with Crippen molar-refractivity contribution in [1.82, 2.24) is 0 Å². The van der Waals surface area contributed by atoms with Crippen molar-refractivity contribution >= 4 is 21.7 Å². The number of hydrogen-bond donors (Lipinski definition) is 0. The number of benzene rings is 2. The monoisotopic (exact) mass is 322 g/mol. The van der Waals surface area contributed by atoms with Crippen molar-refractivity contribution in [1.29, 1.82) is 0 Å². The van der Waals surface area contributed by atoms with Crippen molar-refractivity contribution in [3.8, 4) is 5.75 Å². The molecule has 0 atom stereocenters. The molecule has 0 aliphatic carbocycles. The molecule has 0 saturated carbocycles. The zero-order valence-electron chi connectivity index (χ0n) is 10.5. The summed E-state index contributed by atoms with van der Waals surface area (Å²) in [4.78, 5) is 12.4. The highest BCUT2D eigenvalue weighted by atomic mass is 79.9. The molecule has 2 rings (SSSR count). The predicted octanol–water partition coefficient (Wildman–Crippen LogP) is 4.14. The van der Waals surface area contributed by atoms with E-state index in [1.54, 1.807) is 6.07 Å². The quantitative estimate of drug-likeness (QED) is 0.794. The summed E-state index contributed by atoms with van der Waals surface area (Å²) in [5.74, 6) is -0.405. The molecule has 0 bridgehead atoms. The summed E-state index contributed by atoms with van der Waals surface area (Å²) in [6.07, 6.45) is 0. The lowest BCUT2D eigenvalue weighted by atomic mass is 10.0. The van der Waals surface area contributed by atoms with Gasteiger partial charge in [0.05, 0.1) is 12.7 Å². The van der Waals surface area contributed by atoms with Crippen LogP contribution >= 0.6 is 15.9 Å². The molecule has 0 saturated heterocycles. The molecule has 19 heavy (non-hydrogen) atoms. The standard InChI is InChI=1S/C15H12BrFO2/c1-9-3-5-11(13(16)7-9)15(18)12-6-4-10(17)8-14(12)19-2/h3-8H,1-2H3. The maximum atomic E-state index is 13.1. The average Bonchev–Trinajstić information content (AvgIpc) is 2.37. The van der Waals surface area contributed by atoms with Crippen LogP contribution in [0.4, 0.5) is 4.39 Å². The smallest absolute Gasteiger partial charge is 0.197 e. The van der Waals surface area contributed by atoms with E-state index in [0.29, 0.717) is 15.6 Å². The van der Waals surface area contributed by atoms with Gasteiger partial charge in [0.2, 0.25) is 0 Å². The van der Waals surface area contributed by atoms with Gasteiger partial charge in [-0.2, -0.15) is 0 Å². The number of aryl methyl sites for hydroxylation is 1. The van der Waals surface area contributed by atoms with Gasteiger partial charge >= 0.3 is 0 Å². The van der Waals surface area contributed by atoms with E-state index < -0.39 is 5.82 Å². The van der Waals surface area contributed by atoms with Gasteiger partial charge in [0.15, 0.2) is 5.78 Å². The summed E-state index contributed by atoms with van der Waals surface area (Å²) in [6, 6.07) is 9.34. The highest BCUT2D eigenvalue weighted by molar-refractivity contribution is 9.10. The third-order valence-electron chi connectivity index (χ3n) is 2.78. The van der Waals surface area contributed by atoms with Crippen molar-refractivity contribution in [2.45, 2.75) is 6.92 Å². The van der Waals surface area contributed by atoms with Gasteiger partial charge in [-0.1, -0.05) is 22.0 Å². The van der Waals surface area contributed by atoms with Crippen molar-refractivity contribution in [2.75, 3.05) is 7.11 Å². The molecule has 0 amide bonds. The Morgan fingerprint density at radius 3 is 2.47 bits per heavy atom. The van der Waals surface area contributed by atoms with Crippen LogP contribution in [0.3, 0.4) is 0 Å². The number of hydrogen-bond acceptors (Lipinski definition) is 2. The van der Waals surface area contributed by atoms with Crippen LogP contribution in [0.2, 0.25) is 0 Å². The fourth-order valence-corrected chi connectivity index (χ4v) is 2.48. The molecule has 0 aromatic heterocycles. The lowest BCUT2D eigenvalue weighted by Gasteiger charge is -2.09. The van der Waals surface area contributed by atoms with Crippen molar-refractivity contribution in [2.24, 2.45) is 0 Å². The average molecular weight is 323 g/mol. The highest BCUT2D eigenvalue weighted by Gasteiger charge is 2.17. The number of methoxy groups -OCH3 is 1. The Hall–Kier alpha value is -1.68. The lowest BCUT2D eigenvalue weighted by Crippen LogP contribution is -2.05. The first-order chi connectivity index (χ1) is 9.02. The van der Waals surface area contributed by atoms with Gasteiger partial charge in [-0.25, -0.2) is 4.39 Å². The van der Waals surface area contributed by atoms with Crippen LogP contribution in [0, 0.1) is 12.7 Å². The normalized spacial score (nSPS) is 10.3. The van der Waals surface area contributed by atoms with E-state index in [9.17, 15) is 9.18 Å². The largest absolute Gasteiger partial charge is 0.496 e. The van der Waals surface area contributed by atoms with Crippen LogP contribution in [0.15, 0.2) is 40.9 Å². The minimum absolute atomic E-state index is 0.205. The van der Waals surface area contributed by atoms with Crippen molar-refractivity contribution in [3.63, 3.8) is 0 Å². The van der Waals surface area contributed by atoms with E-state index in [1.807, 2.05) is 19.1 Å². The first-order valence-electron chi connectivity index (χ1n) is 5.67. The number of carbonyl (C=O) groups excluding carboxylic acids is 1. The second-order valence-electron chi connectivity index (χ2n) is 4.16. The summed E-state index contributed by atoms with van der Waals surface area (Å²) < 4.78 is 18.9. The molecule has 98 valence electrons. The number of carbonyl (C=O) groups is 1. The second-order valence-corrected chi connectivity index (χ2v) is 5.01. The third-order valence-corrected chi connectivity index (χ3v) is 3.43. The van der Waals surface area contributed by atoms with Gasteiger partial charge < -0.3 is 4.74 Å². The van der Waals surface area contributed by atoms with E-state index in [4.69, 9.17) is 4.74 Å². The lowest BCUT2D eigenvalue weighted by molar-refractivity contribution is 0.103. The summed E-state index contributed by atoms with van der Waals surface area (Å²) >= 11 is 3.37. The molecule has 4 heteroatoms. The summed E-state index contributed by atoms with van der Waals surface area (Å²) in [7, 11) is 1.41. The Balaban J connectivity index is 2.50. The van der Waals surface area contributed by atoms with E-state index in [-0.39, 0.29) is 11.5 Å². The summed E-state index contributed by atoms with van der Waals surface area (Å²) in [5.41, 5.74) is 1.92. The van der Waals surface area contributed by atoms with Gasteiger partial charge in [-0.05, 0) is 36.8 Å². The summed E-state index contributed by atoms with van der Waals surface area (Å²) in [5, 5.41) is 0. The first kappa shape index (κ1) is 13.7. The van der Waals surface area contributed by atoms with Crippen LogP contribution in [0.5, 0.6) is 5.75 Å². The Morgan fingerprint density at radius 1 is 1.16 bits per heavy atom. The van der Waals surface area contributed by atoms with E-state index in [1.165, 1.54) is 25.3 Å². The van der Waals surface area contributed by atoms with Crippen molar-refractivity contribution < 1.29 is 13.9 Å². The first-order valence-corrected chi connectivity index (χ1v) is 6.46. The van der Waals surface area contributed by atoms with Gasteiger partial charge in [-0.3, -0.25) is 4.79 Å². The Morgan fingerprint density at radius 2 is 1.84 bits per heavy atom. The molecule has 0 aliphatic heterocycles. The molecule has 0 aliphatic rings. The van der Waals surface area contributed by atoms with Crippen LogP contribution in [-0.4, -0.2) is 12.9 Å². The molecule has 2 aromatic carbocycles. The molecule has 2 aromatic rings. The molecule has 0 unspecified atom stereocenters. The minimum Gasteiger partial charge on any atom is -0.496 e. The third kappa shape index (κ3) is 2.84. The molecule has 0 fully saturated rings. The minimum atomic E-state index is -0.434. The van der Waals surface area contributed by atoms with Gasteiger partial charge in [0, 0.05) is 16.1 Å². The number of halogens is 2. The van der Waals surface area contributed by atoms with Crippen LogP contribution in [-0.2, 0) is 0 Å². The fourth-order valence-electron chi connectivity index (χ4n) is 1.80. The van der Waals surface area contributed by atoms with Gasteiger partial charge in [0.25, 0.3) is 0 Å². The van der Waals surface area contributed by atoms with Gasteiger partial charge in [0.1, 0.15) is 11.6 Å². The van der Waals surface area contributed by atoms with Crippen LogP contribution < -0.4 is 4.74 Å². The van der Waals surface area contributed by atoms with Crippen LogP contribution in [0.25, 0.3) is 0 Å². The topological polar surface area (TPSA) is 26.3 Å². The van der Waals surface area contributed by atoms with Gasteiger partial charge in [-0.15, -0.1) is 0 Å². The van der Waals surface area contributed by atoms with E-state index >= 15 is 0 Å². The van der Waals surface area contributed by atoms with E-state index in [0.717, 1.165) is 5.56 Å². The van der Waals surface area contributed by atoms with E-state index in [2.05, 4.69) is 15.9 Å². The Bertz CT molecular complexity index is 638. The second kappa shape index (κ2) is 5.53. The number of ether oxygens (including phenoxy) is 1. The maximum absolute atomic E-state index is 13.1. The number of rotatable bonds is 3. The summed E-state index contributed by atoms with van der Waals surface area (Å²) in [6.45, 7) is 1.94. The predicted molar refractivity (Wildman–Crippen MR) is 75.3 cm³/mol. The molecule has 0 N–H and O–H groups in total. The Labute approximate surface area is 119 Å².